The molecule has 0 saturated carbocycles. The molecule has 0 spiro atoms. The van der Waals surface area contributed by atoms with Gasteiger partial charge < -0.3 is 5.73 Å². The van der Waals surface area contributed by atoms with E-state index < -0.39 is 0 Å². The molecule has 2 N–H and O–H groups in total. The molecule has 4 heteroatoms. The zero-order valence-corrected chi connectivity index (χ0v) is 17.1. The molecular weight excluding hydrogens is 370 g/mol. The maximum Gasteiger partial charge on any atom is 0.221 e. The van der Waals surface area contributed by atoms with Crippen LogP contribution in [0.1, 0.15) is 16.8 Å². The molecule has 4 aromatic rings. The molecule has 2 aromatic carbocycles. The average molecular weight is 393 g/mol. The maximum atomic E-state index is 11.4. The van der Waals surface area contributed by atoms with Gasteiger partial charge in [-0.1, -0.05) is 48.0 Å². The van der Waals surface area contributed by atoms with Crippen molar-refractivity contribution in [1.82, 2.24) is 9.97 Å². The fourth-order valence-corrected chi connectivity index (χ4v) is 3.63. The Bertz CT molecular complexity index is 1210. The molecule has 2 heterocycles. The van der Waals surface area contributed by atoms with Crippen LogP contribution in [0.3, 0.4) is 0 Å². The largest absolute Gasteiger partial charge is 0.369 e. The molecule has 0 aliphatic heterocycles. The SMILES string of the molecule is Cc1cccc(-c2ccc(-c3cc(CC(N)=O)ccc3-c3ccnc(C)c3)nc2)c1. The van der Waals surface area contributed by atoms with Gasteiger partial charge in [0.25, 0.3) is 0 Å². The minimum Gasteiger partial charge on any atom is -0.369 e. The van der Waals surface area contributed by atoms with E-state index >= 15 is 0 Å². The third-order valence-corrected chi connectivity index (χ3v) is 5.06. The van der Waals surface area contributed by atoms with E-state index in [0.29, 0.717) is 0 Å². The number of hydrogen-bond acceptors (Lipinski definition) is 3. The molecule has 0 aliphatic carbocycles. The summed E-state index contributed by atoms with van der Waals surface area (Å²) < 4.78 is 0. The van der Waals surface area contributed by atoms with Crippen LogP contribution in [0, 0.1) is 13.8 Å². The highest BCUT2D eigenvalue weighted by atomic mass is 16.1. The number of nitrogens with zero attached hydrogens (tertiary/aromatic N) is 2. The van der Waals surface area contributed by atoms with Crippen LogP contribution in [0.5, 0.6) is 0 Å². The van der Waals surface area contributed by atoms with Crippen molar-refractivity contribution in [1.29, 1.82) is 0 Å². The predicted octanol–water partition coefficient (Wildman–Crippen LogP) is 5.12. The minimum absolute atomic E-state index is 0.198. The summed E-state index contributed by atoms with van der Waals surface area (Å²) in [7, 11) is 0. The number of carbonyl (C=O) groups is 1. The van der Waals surface area contributed by atoms with E-state index in [1.807, 2.05) is 49.5 Å². The fourth-order valence-electron chi connectivity index (χ4n) is 3.63. The summed E-state index contributed by atoms with van der Waals surface area (Å²) >= 11 is 0. The average Bonchev–Trinajstić information content (AvgIpc) is 2.73. The number of primary amides is 1. The summed E-state index contributed by atoms with van der Waals surface area (Å²) in [5, 5.41) is 0. The van der Waals surface area contributed by atoms with Gasteiger partial charge in [-0.3, -0.25) is 14.8 Å². The highest BCUT2D eigenvalue weighted by molar-refractivity contribution is 5.84. The second-order valence-corrected chi connectivity index (χ2v) is 7.51. The van der Waals surface area contributed by atoms with Crippen LogP contribution in [0.4, 0.5) is 0 Å². The van der Waals surface area contributed by atoms with Gasteiger partial charge in [-0.15, -0.1) is 0 Å². The monoisotopic (exact) mass is 393 g/mol. The van der Waals surface area contributed by atoms with Gasteiger partial charge in [0.1, 0.15) is 0 Å². The smallest absolute Gasteiger partial charge is 0.221 e. The third kappa shape index (κ3) is 4.28. The van der Waals surface area contributed by atoms with E-state index in [0.717, 1.165) is 44.8 Å². The van der Waals surface area contributed by atoms with E-state index in [4.69, 9.17) is 10.7 Å². The summed E-state index contributed by atoms with van der Waals surface area (Å²) in [6, 6.07) is 22.5. The van der Waals surface area contributed by atoms with Gasteiger partial charge in [-0.2, -0.15) is 0 Å². The molecule has 148 valence electrons. The van der Waals surface area contributed by atoms with E-state index in [-0.39, 0.29) is 12.3 Å². The van der Waals surface area contributed by atoms with Crippen LogP contribution in [-0.4, -0.2) is 15.9 Å². The number of carbonyl (C=O) groups excluding carboxylic acids is 1. The molecule has 30 heavy (non-hydrogen) atoms. The zero-order valence-electron chi connectivity index (χ0n) is 17.1. The molecule has 0 aliphatic rings. The molecule has 0 fully saturated rings. The Morgan fingerprint density at radius 1 is 0.833 bits per heavy atom. The van der Waals surface area contributed by atoms with Gasteiger partial charge in [0.2, 0.25) is 5.91 Å². The number of rotatable bonds is 5. The third-order valence-electron chi connectivity index (χ3n) is 5.06. The van der Waals surface area contributed by atoms with Crippen LogP contribution >= 0.6 is 0 Å². The molecule has 1 amide bonds. The summed E-state index contributed by atoms with van der Waals surface area (Å²) in [5.41, 5.74) is 14.6. The van der Waals surface area contributed by atoms with E-state index in [1.54, 1.807) is 6.20 Å². The Hall–Kier alpha value is -3.79. The topological polar surface area (TPSA) is 68.9 Å². The van der Waals surface area contributed by atoms with Crippen molar-refractivity contribution in [2.75, 3.05) is 0 Å². The van der Waals surface area contributed by atoms with Crippen LogP contribution in [0.2, 0.25) is 0 Å². The second-order valence-electron chi connectivity index (χ2n) is 7.51. The number of aromatic nitrogens is 2. The van der Waals surface area contributed by atoms with E-state index in [2.05, 4.69) is 42.2 Å². The van der Waals surface area contributed by atoms with Gasteiger partial charge >= 0.3 is 0 Å². The number of pyridine rings is 2. The lowest BCUT2D eigenvalue weighted by molar-refractivity contribution is -0.117. The van der Waals surface area contributed by atoms with Crippen molar-refractivity contribution in [3.63, 3.8) is 0 Å². The van der Waals surface area contributed by atoms with Crippen molar-refractivity contribution in [3.8, 4) is 33.5 Å². The van der Waals surface area contributed by atoms with Crippen molar-refractivity contribution in [2.24, 2.45) is 5.73 Å². The first-order valence-corrected chi connectivity index (χ1v) is 9.87. The van der Waals surface area contributed by atoms with Crippen LogP contribution in [0.25, 0.3) is 33.5 Å². The van der Waals surface area contributed by atoms with Crippen LogP contribution in [-0.2, 0) is 11.2 Å². The van der Waals surface area contributed by atoms with Gasteiger partial charge in [0.05, 0.1) is 12.1 Å². The number of benzene rings is 2. The van der Waals surface area contributed by atoms with Crippen molar-refractivity contribution >= 4 is 5.91 Å². The summed E-state index contributed by atoms with van der Waals surface area (Å²) in [4.78, 5) is 20.5. The Balaban J connectivity index is 1.80. The normalized spacial score (nSPS) is 10.7. The van der Waals surface area contributed by atoms with Gasteiger partial charge in [-0.05, 0) is 60.4 Å². The van der Waals surface area contributed by atoms with Gasteiger partial charge in [0, 0.05) is 29.2 Å². The molecule has 0 bridgehead atoms. The Morgan fingerprint density at radius 3 is 2.40 bits per heavy atom. The standard InChI is InChI=1S/C26H23N3O/c1-17-4-3-5-20(12-17)22-7-9-25(29-16-22)24-14-19(15-26(27)30)6-8-23(24)21-10-11-28-18(2)13-21/h3-14,16H,15H2,1-2H3,(H2,27,30). The quantitative estimate of drug-likeness (QED) is 0.511. The lowest BCUT2D eigenvalue weighted by atomic mass is 9.94. The second kappa shape index (κ2) is 8.29. The van der Waals surface area contributed by atoms with E-state index in [9.17, 15) is 4.79 Å². The molecule has 0 atom stereocenters. The first-order chi connectivity index (χ1) is 14.5. The molecule has 4 nitrogen and oxygen atoms in total. The molecule has 0 unspecified atom stereocenters. The Kier molecular flexibility index (Phi) is 5.40. The molecular formula is C26H23N3O. The molecule has 2 aromatic heterocycles. The van der Waals surface area contributed by atoms with Crippen molar-refractivity contribution in [2.45, 2.75) is 20.3 Å². The first kappa shape index (κ1) is 19.5. The number of amides is 1. The summed E-state index contributed by atoms with van der Waals surface area (Å²) in [5.74, 6) is -0.351. The lowest BCUT2D eigenvalue weighted by Crippen LogP contribution is -2.13. The Labute approximate surface area is 176 Å². The fraction of sp³-hybridized carbons (Fsp3) is 0.115. The Morgan fingerprint density at radius 2 is 1.70 bits per heavy atom. The van der Waals surface area contributed by atoms with Gasteiger partial charge in [0.15, 0.2) is 0 Å². The summed E-state index contributed by atoms with van der Waals surface area (Å²) in [6.45, 7) is 4.05. The maximum absolute atomic E-state index is 11.4. The zero-order chi connectivity index (χ0) is 21.1. The van der Waals surface area contributed by atoms with Gasteiger partial charge in [-0.25, -0.2) is 0 Å². The highest BCUT2D eigenvalue weighted by Gasteiger charge is 2.12. The van der Waals surface area contributed by atoms with Crippen LogP contribution < -0.4 is 5.73 Å². The lowest BCUT2D eigenvalue weighted by Gasteiger charge is -2.13. The molecule has 0 saturated heterocycles. The minimum atomic E-state index is -0.351. The van der Waals surface area contributed by atoms with E-state index in [1.165, 1.54) is 5.56 Å². The molecule has 4 rings (SSSR count). The summed E-state index contributed by atoms with van der Waals surface area (Å²) in [6.07, 6.45) is 3.90. The van der Waals surface area contributed by atoms with Crippen molar-refractivity contribution in [3.05, 3.63) is 95.9 Å². The number of aryl methyl sites for hydroxylation is 2. The number of hydrogen-bond donors (Lipinski definition) is 1. The number of nitrogens with two attached hydrogens (primary N) is 1. The predicted molar refractivity (Wildman–Crippen MR) is 121 cm³/mol. The first-order valence-electron chi connectivity index (χ1n) is 9.87. The van der Waals surface area contributed by atoms with Crippen molar-refractivity contribution < 1.29 is 4.79 Å². The highest BCUT2D eigenvalue weighted by Crippen LogP contribution is 2.33. The molecule has 0 radical (unpaired) electrons. The van der Waals surface area contributed by atoms with Crippen LogP contribution in [0.15, 0.2) is 79.1 Å².